The number of piperazine rings is 1. The van der Waals surface area contributed by atoms with E-state index < -0.39 is 0 Å². The molecule has 6 nitrogen and oxygen atoms in total. The second kappa shape index (κ2) is 14.0. The molecule has 172 valence electrons. The Balaban J connectivity index is 0.00000341. The fourth-order valence-electron chi connectivity index (χ4n) is 3.54. The Kier molecular flexibility index (Phi) is 11.8. The maximum Gasteiger partial charge on any atom is 0.191 e. The van der Waals surface area contributed by atoms with Gasteiger partial charge in [-0.3, -0.25) is 4.90 Å². The number of nitrogens with one attached hydrogen (secondary N) is 2. The lowest BCUT2D eigenvalue weighted by atomic mass is 10.1. The third-order valence-electron chi connectivity index (χ3n) is 5.46. The molecule has 0 aliphatic carbocycles. The largest absolute Gasteiger partial charge is 0.357 e. The van der Waals surface area contributed by atoms with Crippen LogP contribution in [-0.4, -0.2) is 60.0 Å². The summed E-state index contributed by atoms with van der Waals surface area (Å²) in [4.78, 5) is 15.6. The zero-order valence-electron chi connectivity index (χ0n) is 19.1. The number of aryl methyl sites for hydroxylation is 1. The number of hydrogen-bond acceptors (Lipinski definition) is 5. The third kappa shape index (κ3) is 8.67. The average Bonchev–Trinajstić information content (AvgIpc) is 3.25. The van der Waals surface area contributed by atoms with Crippen LogP contribution in [-0.2, 0) is 26.1 Å². The molecule has 2 aromatic rings. The highest BCUT2D eigenvalue weighted by Gasteiger charge is 2.15. The number of guanidine groups is 1. The van der Waals surface area contributed by atoms with Crippen molar-refractivity contribution in [2.45, 2.75) is 46.8 Å². The summed E-state index contributed by atoms with van der Waals surface area (Å²) in [5, 5.41) is 7.82. The fraction of sp³-hybridized carbons (Fsp3) is 0.565. The molecule has 0 amide bonds. The van der Waals surface area contributed by atoms with Crippen LogP contribution in [0.3, 0.4) is 0 Å². The molecule has 1 fully saturated rings. The van der Waals surface area contributed by atoms with Crippen molar-refractivity contribution in [3.8, 4) is 0 Å². The Morgan fingerprint density at radius 1 is 1.00 bits per heavy atom. The van der Waals surface area contributed by atoms with E-state index in [1.54, 1.807) is 11.3 Å². The van der Waals surface area contributed by atoms with Crippen molar-refractivity contribution < 1.29 is 0 Å². The van der Waals surface area contributed by atoms with Crippen molar-refractivity contribution in [3.63, 3.8) is 0 Å². The van der Waals surface area contributed by atoms with E-state index in [-0.39, 0.29) is 24.0 Å². The summed E-state index contributed by atoms with van der Waals surface area (Å²) >= 11 is 1.76. The Morgan fingerprint density at radius 3 is 2.29 bits per heavy atom. The molecular weight excluding hydrogens is 519 g/mol. The van der Waals surface area contributed by atoms with Gasteiger partial charge < -0.3 is 15.5 Å². The van der Waals surface area contributed by atoms with E-state index in [2.05, 4.69) is 70.5 Å². The van der Waals surface area contributed by atoms with Gasteiger partial charge in [0.15, 0.2) is 5.96 Å². The van der Waals surface area contributed by atoms with Gasteiger partial charge in [-0.2, -0.15) is 0 Å². The summed E-state index contributed by atoms with van der Waals surface area (Å²) < 4.78 is 0. The van der Waals surface area contributed by atoms with E-state index in [9.17, 15) is 0 Å². The Labute approximate surface area is 208 Å². The number of benzene rings is 1. The normalized spacial score (nSPS) is 15.5. The van der Waals surface area contributed by atoms with Crippen LogP contribution in [0.2, 0.25) is 0 Å². The van der Waals surface area contributed by atoms with Crippen molar-refractivity contribution in [2.24, 2.45) is 4.99 Å². The molecule has 0 saturated carbocycles. The van der Waals surface area contributed by atoms with Crippen LogP contribution in [0.4, 0.5) is 0 Å². The zero-order chi connectivity index (χ0) is 21.2. The maximum absolute atomic E-state index is 4.74. The number of halogens is 1. The minimum absolute atomic E-state index is 0. The van der Waals surface area contributed by atoms with E-state index >= 15 is 0 Å². The molecule has 8 heteroatoms. The molecule has 0 spiro atoms. The lowest BCUT2D eigenvalue weighted by Gasteiger charge is -2.34. The number of nitrogens with zero attached hydrogens (tertiary/aromatic N) is 4. The van der Waals surface area contributed by atoms with Crippen LogP contribution < -0.4 is 10.6 Å². The molecule has 1 aliphatic rings. The molecule has 0 radical (unpaired) electrons. The highest BCUT2D eigenvalue weighted by atomic mass is 127. The number of aromatic nitrogens is 1. The highest BCUT2D eigenvalue weighted by molar-refractivity contribution is 14.0. The highest BCUT2D eigenvalue weighted by Crippen LogP contribution is 2.13. The predicted octanol–water partition coefficient (Wildman–Crippen LogP) is 3.72. The molecule has 0 unspecified atom stereocenters. The van der Waals surface area contributed by atoms with Gasteiger partial charge in [-0.15, -0.1) is 35.3 Å². The zero-order valence-corrected chi connectivity index (χ0v) is 22.2. The van der Waals surface area contributed by atoms with Gasteiger partial charge in [-0.25, -0.2) is 9.98 Å². The third-order valence-corrected chi connectivity index (χ3v) is 6.60. The summed E-state index contributed by atoms with van der Waals surface area (Å²) in [7, 11) is 0. The van der Waals surface area contributed by atoms with Crippen LogP contribution in [0, 0.1) is 0 Å². The number of hydrogen-bond donors (Lipinski definition) is 2. The number of rotatable bonds is 9. The van der Waals surface area contributed by atoms with E-state index in [0.717, 1.165) is 50.1 Å². The van der Waals surface area contributed by atoms with Crippen LogP contribution in [0.25, 0.3) is 0 Å². The minimum atomic E-state index is 0. The van der Waals surface area contributed by atoms with E-state index in [1.807, 2.05) is 6.20 Å². The SMILES string of the molecule is CCNC(=NCc1ccc(CN2CCN(CC)CC2)cc1)NCc1ncc(CC)s1.I. The molecule has 2 heterocycles. The van der Waals surface area contributed by atoms with Crippen molar-refractivity contribution in [2.75, 3.05) is 39.3 Å². The van der Waals surface area contributed by atoms with Gasteiger partial charge in [0, 0.05) is 50.3 Å². The average molecular weight is 557 g/mol. The number of likely N-dealkylation sites (N-methyl/N-ethyl adjacent to an activating group) is 1. The molecule has 1 aliphatic heterocycles. The van der Waals surface area contributed by atoms with Gasteiger partial charge in [0.05, 0.1) is 13.1 Å². The summed E-state index contributed by atoms with van der Waals surface area (Å²) in [6.45, 7) is 15.6. The molecule has 1 saturated heterocycles. The summed E-state index contributed by atoms with van der Waals surface area (Å²) in [5.41, 5.74) is 2.61. The first-order chi connectivity index (χ1) is 14.7. The minimum Gasteiger partial charge on any atom is -0.357 e. The van der Waals surface area contributed by atoms with Crippen molar-refractivity contribution in [1.82, 2.24) is 25.4 Å². The van der Waals surface area contributed by atoms with Crippen LogP contribution >= 0.6 is 35.3 Å². The summed E-state index contributed by atoms with van der Waals surface area (Å²) in [6, 6.07) is 8.91. The van der Waals surface area contributed by atoms with Crippen molar-refractivity contribution in [1.29, 1.82) is 0 Å². The van der Waals surface area contributed by atoms with Crippen LogP contribution in [0.15, 0.2) is 35.5 Å². The molecule has 1 aromatic carbocycles. The quantitative estimate of drug-likeness (QED) is 0.280. The Bertz CT molecular complexity index is 784. The second-order valence-electron chi connectivity index (χ2n) is 7.65. The molecule has 0 atom stereocenters. The maximum atomic E-state index is 4.74. The molecule has 2 N–H and O–H groups in total. The number of thiazole rings is 1. The van der Waals surface area contributed by atoms with E-state index in [0.29, 0.717) is 13.1 Å². The fourth-order valence-corrected chi connectivity index (χ4v) is 4.34. The monoisotopic (exact) mass is 556 g/mol. The predicted molar refractivity (Wildman–Crippen MR) is 142 cm³/mol. The molecule has 3 rings (SSSR count). The molecule has 31 heavy (non-hydrogen) atoms. The summed E-state index contributed by atoms with van der Waals surface area (Å²) in [6.07, 6.45) is 3.01. The molecule has 0 bridgehead atoms. The van der Waals surface area contributed by atoms with Crippen LogP contribution in [0.5, 0.6) is 0 Å². The van der Waals surface area contributed by atoms with Crippen molar-refractivity contribution >= 4 is 41.3 Å². The standard InChI is InChI=1S/C23H36N6S.HI/c1-4-21-16-25-22(30-21)17-27-23(24-5-2)26-15-19-7-9-20(10-8-19)18-29-13-11-28(6-3)12-14-29;/h7-10,16H,4-6,11-15,17-18H2,1-3H3,(H2,24,26,27);1H. The number of aliphatic imine (C=N–C) groups is 1. The van der Waals surface area contributed by atoms with Gasteiger partial charge in [0.25, 0.3) is 0 Å². The first-order valence-electron chi connectivity index (χ1n) is 11.2. The first-order valence-corrected chi connectivity index (χ1v) is 12.0. The van der Waals surface area contributed by atoms with Gasteiger partial charge in [-0.05, 0) is 31.0 Å². The van der Waals surface area contributed by atoms with Crippen molar-refractivity contribution in [3.05, 3.63) is 51.5 Å². The first kappa shape index (κ1) is 26.0. The molecule has 1 aromatic heterocycles. The van der Waals surface area contributed by atoms with E-state index in [1.165, 1.54) is 29.1 Å². The topological polar surface area (TPSA) is 55.8 Å². The lowest BCUT2D eigenvalue weighted by Crippen LogP contribution is -2.45. The smallest absolute Gasteiger partial charge is 0.191 e. The lowest BCUT2D eigenvalue weighted by molar-refractivity contribution is 0.132. The van der Waals surface area contributed by atoms with Crippen LogP contribution in [0.1, 0.15) is 41.8 Å². The Morgan fingerprint density at radius 2 is 1.68 bits per heavy atom. The second-order valence-corrected chi connectivity index (χ2v) is 8.85. The molecular formula is C23H37IN6S. The van der Waals surface area contributed by atoms with Gasteiger partial charge >= 0.3 is 0 Å². The Hall–Kier alpha value is -1.23. The van der Waals surface area contributed by atoms with Gasteiger partial charge in [0.2, 0.25) is 0 Å². The summed E-state index contributed by atoms with van der Waals surface area (Å²) in [5.74, 6) is 0.837. The van der Waals surface area contributed by atoms with Gasteiger partial charge in [-0.1, -0.05) is 38.1 Å². The van der Waals surface area contributed by atoms with E-state index in [4.69, 9.17) is 4.99 Å². The van der Waals surface area contributed by atoms with Gasteiger partial charge in [0.1, 0.15) is 5.01 Å².